The van der Waals surface area contributed by atoms with E-state index in [1.165, 1.54) is 0 Å². The molecule has 0 unspecified atom stereocenters. The number of hydrogen-bond donors (Lipinski definition) is 2. The van der Waals surface area contributed by atoms with Crippen molar-refractivity contribution in [2.75, 3.05) is 11.5 Å². The number of nitrogens with one attached hydrogen (secondary N) is 1. The summed E-state index contributed by atoms with van der Waals surface area (Å²) in [6.45, 7) is 2.14. The first-order chi connectivity index (χ1) is 9.01. The minimum absolute atomic E-state index is 0.0617. The van der Waals surface area contributed by atoms with E-state index in [1.807, 2.05) is 11.8 Å². The zero-order chi connectivity index (χ0) is 13.9. The molecule has 0 bridgehead atoms. The molecule has 1 aliphatic rings. The van der Waals surface area contributed by atoms with Crippen molar-refractivity contribution >= 4 is 27.5 Å². The fraction of sp³-hybridized carbons (Fsp3) is 0.538. The Labute approximate surface area is 119 Å². The second-order valence-corrected chi connectivity index (χ2v) is 8.07. The first-order valence-corrected chi connectivity index (χ1v) is 9.04. The molecule has 4 nitrogen and oxygen atoms in total. The third-order valence-corrected chi connectivity index (χ3v) is 6.07. The van der Waals surface area contributed by atoms with Crippen LogP contribution in [-0.2, 0) is 10.0 Å². The highest BCUT2D eigenvalue weighted by Crippen LogP contribution is 2.30. The highest BCUT2D eigenvalue weighted by molar-refractivity contribution is 7.99. The van der Waals surface area contributed by atoms with Crippen molar-refractivity contribution in [1.29, 1.82) is 0 Å². The van der Waals surface area contributed by atoms with Crippen LogP contribution in [0.5, 0.6) is 0 Å². The molecule has 1 aromatic carbocycles. The smallest absolute Gasteiger partial charge is 0.240 e. The molecular formula is C13H20N2O2S2. The van der Waals surface area contributed by atoms with Gasteiger partial charge in [0.15, 0.2) is 0 Å². The summed E-state index contributed by atoms with van der Waals surface area (Å²) in [4.78, 5) is 0.285. The molecule has 1 saturated carbocycles. The number of benzene rings is 1. The lowest BCUT2D eigenvalue weighted by atomic mass is 10.3. The first-order valence-electron chi connectivity index (χ1n) is 6.50. The van der Waals surface area contributed by atoms with Crippen molar-refractivity contribution in [3.8, 4) is 0 Å². The van der Waals surface area contributed by atoms with E-state index in [0.29, 0.717) is 10.9 Å². The van der Waals surface area contributed by atoms with Gasteiger partial charge in [-0.15, -0.1) is 0 Å². The van der Waals surface area contributed by atoms with Crippen molar-refractivity contribution in [3.05, 3.63) is 24.3 Å². The third kappa shape index (κ3) is 3.87. The Kier molecular flexibility index (Phi) is 4.76. The number of thioether (sulfide) groups is 1. The summed E-state index contributed by atoms with van der Waals surface area (Å²) in [5.74, 6) is 1.09. The van der Waals surface area contributed by atoms with Gasteiger partial charge in [0, 0.05) is 17.0 Å². The predicted molar refractivity (Wildman–Crippen MR) is 80.7 cm³/mol. The summed E-state index contributed by atoms with van der Waals surface area (Å²) in [5, 5.41) is 0.587. The lowest BCUT2D eigenvalue weighted by Crippen LogP contribution is -2.33. The van der Waals surface area contributed by atoms with Crippen LogP contribution in [0.2, 0.25) is 0 Å². The van der Waals surface area contributed by atoms with Crippen molar-refractivity contribution < 1.29 is 8.42 Å². The van der Waals surface area contributed by atoms with Gasteiger partial charge in [0.25, 0.3) is 0 Å². The van der Waals surface area contributed by atoms with E-state index in [9.17, 15) is 8.42 Å². The molecule has 0 aromatic heterocycles. The summed E-state index contributed by atoms with van der Waals surface area (Å²) < 4.78 is 27.2. The SMILES string of the molecule is CCS[C@H]1CC[C@@H](NS(=O)(=O)c2ccc(N)cc2)C1. The van der Waals surface area contributed by atoms with Gasteiger partial charge in [-0.3, -0.25) is 0 Å². The molecule has 0 aliphatic heterocycles. The number of nitrogens with two attached hydrogens (primary N) is 1. The molecule has 106 valence electrons. The lowest BCUT2D eigenvalue weighted by Gasteiger charge is -2.13. The molecule has 19 heavy (non-hydrogen) atoms. The quantitative estimate of drug-likeness (QED) is 0.818. The Morgan fingerprint density at radius 3 is 2.63 bits per heavy atom. The van der Waals surface area contributed by atoms with E-state index in [0.717, 1.165) is 25.0 Å². The van der Waals surface area contributed by atoms with Gasteiger partial charge in [-0.2, -0.15) is 11.8 Å². The minimum Gasteiger partial charge on any atom is -0.399 e. The first kappa shape index (κ1) is 14.7. The average molecular weight is 300 g/mol. The third-order valence-electron chi connectivity index (χ3n) is 3.30. The van der Waals surface area contributed by atoms with E-state index < -0.39 is 10.0 Å². The van der Waals surface area contributed by atoms with E-state index in [2.05, 4.69) is 11.6 Å². The van der Waals surface area contributed by atoms with Gasteiger partial charge < -0.3 is 5.73 Å². The number of nitrogen functional groups attached to an aromatic ring is 1. The van der Waals surface area contributed by atoms with Crippen LogP contribution in [0.1, 0.15) is 26.2 Å². The van der Waals surface area contributed by atoms with E-state index in [-0.39, 0.29) is 10.9 Å². The molecule has 2 atom stereocenters. The average Bonchev–Trinajstić information content (AvgIpc) is 2.77. The van der Waals surface area contributed by atoms with Gasteiger partial charge in [0.1, 0.15) is 0 Å². The van der Waals surface area contributed by atoms with Gasteiger partial charge in [0.2, 0.25) is 10.0 Å². The van der Waals surface area contributed by atoms with Crippen LogP contribution in [0, 0.1) is 0 Å². The molecule has 1 aromatic rings. The molecule has 2 rings (SSSR count). The maximum Gasteiger partial charge on any atom is 0.240 e. The Hall–Kier alpha value is -0.720. The van der Waals surface area contributed by atoms with Gasteiger partial charge in [-0.05, 0) is 49.3 Å². The molecule has 1 aliphatic carbocycles. The number of hydrogen-bond acceptors (Lipinski definition) is 4. The molecule has 1 fully saturated rings. The lowest BCUT2D eigenvalue weighted by molar-refractivity contribution is 0.552. The maximum absolute atomic E-state index is 12.2. The molecular weight excluding hydrogens is 280 g/mol. The molecule has 0 saturated heterocycles. The zero-order valence-electron chi connectivity index (χ0n) is 11.0. The van der Waals surface area contributed by atoms with Gasteiger partial charge in [0.05, 0.1) is 4.90 Å². The summed E-state index contributed by atoms with van der Waals surface area (Å²) in [6, 6.07) is 6.37. The van der Waals surface area contributed by atoms with E-state index >= 15 is 0 Å². The highest BCUT2D eigenvalue weighted by Gasteiger charge is 2.28. The molecule has 0 radical (unpaired) electrons. The largest absolute Gasteiger partial charge is 0.399 e. The Balaban J connectivity index is 2.00. The topological polar surface area (TPSA) is 72.2 Å². The summed E-state index contributed by atoms with van der Waals surface area (Å²) in [5.41, 5.74) is 6.14. The number of rotatable bonds is 5. The van der Waals surface area contributed by atoms with Crippen LogP contribution >= 0.6 is 11.8 Å². The van der Waals surface area contributed by atoms with Crippen LogP contribution in [0.15, 0.2) is 29.2 Å². The zero-order valence-corrected chi connectivity index (χ0v) is 12.6. The van der Waals surface area contributed by atoms with Crippen LogP contribution in [-0.4, -0.2) is 25.5 Å². The maximum atomic E-state index is 12.2. The van der Waals surface area contributed by atoms with Crippen LogP contribution in [0.4, 0.5) is 5.69 Å². The van der Waals surface area contributed by atoms with Crippen molar-refractivity contribution in [3.63, 3.8) is 0 Å². The van der Waals surface area contributed by atoms with Gasteiger partial charge in [-0.25, -0.2) is 13.1 Å². The molecule has 3 N–H and O–H groups in total. The van der Waals surface area contributed by atoms with Gasteiger partial charge >= 0.3 is 0 Å². The summed E-state index contributed by atoms with van der Waals surface area (Å²) in [7, 11) is -3.41. The highest BCUT2D eigenvalue weighted by atomic mass is 32.2. The molecule has 0 spiro atoms. The predicted octanol–water partition coefficient (Wildman–Crippen LogP) is 2.22. The normalized spacial score (nSPS) is 23.6. The van der Waals surface area contributed by atoms with Gasteiger partial charge in [-0.1, -0.05) is 6.92 Å². The van der Waals surface area contributed by atoms with Crippen molar-refractivity contribution in [1.82, 2.24) is 4.72 Å². The fourth-order valence-electron chi connectivity index (χ4n) is 2.37. The number of sulfonamides is 1. The van der Waals surface area contributed by atoms with Crippen LogP contribution in [0.25, 0.3) is 0 Å². The van der Waals surface area contributed by atoms with E-state index in [4.69, 9.17) is 5.73 Å². The Morgan fingerprint density at radius 1 is 1.32 bits per heavy atom. The minimum atomic E-state index is -3.41. The molecule has 0 heterocycles. The van der Waals surface area contributed by atoms with E-state index in [1.54, 1.807) is 24.3 Å². The summed E-state index contributed by atoms with van der Waals surface area (Å²) >= 11 is 1.92. The summed E-state index contributed by atoms with van der Waals surface area (Å²) in [6.07, 6.45) is 2.94. The molecule has 0 amide bonds. The van der Waals surface area contributed by atoms with Crippen LogP contribution in [0.3, 0.4) is 0 Å². The number of anilines is 1. The second kappa shape index (κ2) is 6.15. The van der Waals surface area contributed by atoms with Crippen LogP contribution < -0.4 is 10.5 Å². The monoisotopic (exact) mass is 300 g/mol. The fourth-order valence-corrected chi connectivity index (χ4v) is 4.79. The Bertz CT molecular complexity index is 514. The standard InChI is InChI=1S/C13H20N2O2S2/c1-2-18-12-6-5-11(9-12)15-19(16,17)13-7-3-10(14)4-8-13/h3-4,7-8,11-12,15H,2,5-6,9,14H2,1H3/t11-,12+/m1/s1. The second-order valence-electron chi connectivity index (χ2n) is 4.78. The van der Waals surface area contributed by atoms with Crippen molar-refractivity contribution in [2.45, 2.75) is 42.4 Å². The Morgan fingerprint density at radius 2 is 2.00 bits per heavy atom. The molecule has 6 heteroatoms. The van der Waals surface area contributed by atoms with Crippen molar-refractivity contribution in [2.24, 2.45) is 0 Å².